The molecular weight excluding hydrogens is 256 g/mol. The largest absolute Gasteiger partial charge is 0.424 e. The molecular formula is C14H22N2O2Si. The van der Waals surface area contributed by atoms with Crippen molar-refractivity contribution >= 4 is 21.9 Å². The summed E-state index contributed by atoms with van der Waals surface area (Å²) in [5, 5.41) is 2.49. The van der Waals surface area contributed by atoms with Crippen molar-refractivity contribution in [3.8, 4) is 0 Å². The summed E-state index contributed by atoms with van der Waals surface area (Å²) in [6, 6.07) is 10.6. The van der Waals surface area contributed by atoms with Gasteiger partial charge in [-0.2, -0.15) is 0 Å². The van der Waals surface area contributed by atoms with Crippen LogP contribution in [0.5, 0.6) is 0 Å². The van der Waals surface area contributed by atoms with E-state index in [1.807, 2.05) is 36.4 Å². The standard InChI is InChI=1S/C10H12N2O.C4H10OSi/c1-8(12-10(11)13)7-9-5-3-2-4-6-9;1-2-4-6-5-3-1/h2-7H,1H3,(H3,11,12,13);1-4,6H2/b8-7+;. The lowest BCUT2D eigenvalue weighted by Gasteiger charge is -2.07. The van der Waals surface area contributed by atoms with E-state index in [0.717, 1.165) is 17.9 Å². The third-order valence-electron chi connectivity index (χ3n) is 2.58. The van der Waals surface area contributed by atoms with Gasteiger partial charge in [0.25, 0.3) is 0 Å². The lowest BCUT2D eigenvalue weighted by atomic mass is 10.2. The normalized spacial score (nSPS) is 16.4. The van der Waals surface area contributed by atoms with Crippen LogP contribution in [0.1, 0.15) is 25.3 Å². The summed E-state index contributed by atoms with van der Waals surface area (Å²) < 4.78 is 5.21. The highest BCUT2D eigenvalue weighted by Gasteiger charge is 1.96. The quantitative estimate of drug-likeness (QED) is 0.813. The summed E-state index contributed by atoms with van der Waals surface area (Å²) >= 11 is 0. The minimum atomic E-state index is -0.537. The number of primary amides is 1. The van der Waals surface area contributed by atoms with Crippen molar-refractivity contribution in [2.75, 3.05) is 6.61 Å². The monoisotopic (exact) mass is 278 g/mol. The van der Waals surface area contributed by atoms with E-state index in [1.54, 1.807) is 6.92 Å². The number of urea groups is 1. The molecule has 2 amide bonds. The van der Waals surface area contributed by atoms with Crippen LogP contribution in [-0.2, 0) is 4.43 Å². The van der Waals surface area contributed by atoms with Gasteiger partial charge in [-0.05, 0) is 31.0 Å². The van der Waals surface area contributed by atoms with E-state index in [9.17, 15) is 4.79 Å². The number of rotatable bonds is 2. The first-order chi connectivity index (χ1) is 9.18. The van der Waals surface area contributed by atoms with Crippen molar-refractivity contribution in [1.82, 2.24) is 5.32 Å². The molecule has 1 heterocycles. The fourth-order valence-corrected chi connectivity index (χ4v) is 2.89. The van der Waals surface area contributed by atoms with Gasteiger partial charge < -0.3 is 15.5 Å². The molecule has 1 aliphatic heterocycles. The van der Waals surface area contributed by atoms with Crippen LogP contribution >= 0.6 is 0 Å². The van der Waals surface area contributed by atoms with E-state index in [1.165, 1.54) is 18.9 Å². The highest BCUT2D eigenvalue weighted by Crippen LogP contribution is 2.03. The van der Waals surface area contributed by atoms with E-state index in [-0.39, 0.29) is 9.76 Å². The lowest BCUT2D eigenvalue weighted by molar-refractivity contribution is 0.251. The summed E-state index contributed by atoms with van der Waals surface area (Å²) in [5.41, 5.74) is 6.73. The number of benzene rings is 1. The number of hydrogen-bond acceptors (Lipinski definition) is 2. The molecule has 0 radical (unpaired) electrons. The average molecular weight is 278 g/mol. The molecule has 0 bridgehead atoms. The first-order valence-corrected chi connectivity index (χ1v) is 8.14. The van der Waals surface area contributed by atoms with Gasteiger partial charge in [-0.15, -0.1) is 0 Å². The predicted molar refractivity (Wildman–Crippen MR) is 81.3 cm³/mol. The number of amides is 2. The van der Waals surface area contributed by atoms with Crippen LogP contribution in [0, 0.1) is 0 Å². The van der Waals surface area contributed by atoms with Gasteiger partial charge in [0.1, 0.15) is 0 Å². The molecule has 1 aromatic rings. The molecule has 2 rings (SSSR count). The molecule has 1 saturated heterocycles. The molecule has 0 aliphatic carbocycles. The van der Waals surface area contributed by atoms with Crippen molar-refractivity contribution in [3.05, 3.63) is 41.6 Å². The molecule has 1 fully saturated rings. The second-order valence-electron chi connectivity index (χ2n) is 4.40. The molecule has 19 heavy (non-hydrogen) atoms. The second kappa shape index (κ2) is 9.35. The Labute approximate surface area is 117 Å². The average Bonchev–Trinajstić information content (AvgIpc) is 2.41. The smallest absolute Gasteiger partial charge is 0.316 e. The zero-order valence-electron chi connectivity index (χ0n) is 11.4. The van der Waals surface area contributed by atoms with E-state index in [4.69, 9.17) is 10.2 Å². The SMILES string of the molecule is C/C(=C\c1ccccc1)NC(N)=O.C1CC[SiH2]OC1. The van der Waals surface area contributed by atoms with E-state index in [2.05, 4.69) is 5.32 Å². The van der Waals surface area contributed by atoms with Crippen LogP contribution < -0.4 is 11.1 Å². The van der Waals surface area contributed by atoms with Crippen LogP contribution in [0.15, 0.2) is 36.0 Å². The maximum absolute atomic E-state index is 10.5. The maximum atomic E-state index is 10.5. The minimum absolute atomic E-state index is 0.00849. The van der Waals surface area contributed by atoms with E-state index in [0.29, 0.717) is 0 Å². The van der Waals surface area contributed by atoms with Crippen LogP contribution in [0.25, 0.3) is 6.08 Å². The molecule has 104 valence electrons. The van der Waals surface area contributed by atoms with Crippen molar-refractivity contribution in [2.45, 2.75) is 25.8 Å². The lowest BCUT2D eigenvalue weighted by Crippen LogP contribution is -2.27. The Morgan fingerprint density at radius 3 is 2.53 bits per heavy atom. The third kappa shape index (κ3) is 8.18. The molecule has 1 aliphatic rings. The van der Waals surface area contributed by atoms with Crippen molar-refractivity contribution in [2.24, 2.45) is 5.73 Å². The number of carbonyl (C=O) groups is 1. The highest BCUT2D eigenvalue weighted by atomic mass is 28.2. The molecule has 3 N–H and O–H groups in total. The Hall–Kier alpha value is -1.59. The zero-order valence-corrected chi connectivity index (χ0v) is 12.8. The molecule has 0 saturated carbocycles. The van der Waals surface area contributed by atoms with Gasteiger partial charge in [0.15, 0.2) is 9.76 Å². The summed E-state index contributed by atoms with van der Waals surface area (Å²) in [5.74, 6) is 0. The van der Waals surface area contributed by atoms with Gasteiger partial charge in [0.05, 0.1) is 0 Å². The minimum Gasteiger partial charge on any atom is -0.424 e. The summed E-state index contributed by atoms with van der Waals surface area (Å²) in [6.45, 7) is 2.85. The summed E-state index contributed by atoms with van der Waals surface area (Å²) in [6.07, 6.45) is 4.60. The summed E-state index contributed by atoms with van der Waals surface area (Å²) in [7, 11) is 0.00849. The zero-order chi connectivity index (χ0) is 13.9. The fraction of sp³-hybridized carbons (Fsp3) is 0.357. The Kier molecular flexibility index (Phi) is 7.61. The number of nitrogens with two attached hydrogens (primary N) is 1. The van der Waals surface area contributed by atoms with E-state index < -0.39 is 6.03 Å². The molecule has 4 nitrogen and oxygen atoms in total. The molecule has 0 aromatic heterocycles. The van der Waals surface area contributed by atoms with Crippen molar-refractivity contribution in [3.63, 3.8) is 0 Å². The van der Waals surface area contributed by atoms with Crippen molar-refractivity contribution in [1.29, 1.82) is 0 Å². The Bertz CT molecular complexity index is 392. The molecule has 5 heteroatoms. The van der Waals surface area contributed by atoms with Gasteiger partial charge in [0.2, 0.25) is 0 Å². The van der Waals surface area contributed by atoms with Gasteiger partial charge in [0, 0.05) is 12.3 Å². The summed E-state index contributed by atoms with van der Waals surface area (Å²) in [4.78, 5) is 10.5. The number of carbonyl (C=O) groups excluding carboxylic acids is 1. The number of nitrogens with one attached hydrogen (secondary N) is 1. The van der Waals surface area contributed by atoms with Gasteiger partial charge in [-0.1, -0.05) is 36.8 Å². The first kappa shape index (κ1) is 15.5. The molecule has 1 aromatic carbocycles. The van der Waals surface area contributed by atoms with Gasteiger partial charge in [-0.25, -0.2) is 4.79 Å². The molecule has 0 spiro atoms. The second-order valence-corrected chi connectivity index (χ2v) is 5.92. The Morgan fingerprint density at radius 2 is 2.11 bits per heavy atom. The van der Waals surface area contributed by atoms with Gasteiger partial charge in [-0.3, -0.25) is 0 Å². The van der Waals surface area contributed by atoms with Crippen LogP contribution in [0.3, 0.4) is 0 Å². The molecule has 0 unspecified atom stereocenters. The van der Waals surface area contributed by atoms with E-state index >= 15 is 0 Å². The van der Waals surface area contributed by atoms with Crippen LogP contribution in [0.4, 0.5) is 4.79 Å². The first-order valence-electron chi connectivity index (χ1n) is 6.56. The Morgan fingerprint density at radius 1 is 1.37 bits per heavy atom. The van der Waals surface area contributed by atoms with Crippen molar-refractivity contribution < 1.29 is 9.22 Å². The van der Waals surface area contributed by atoms with Crippen LogP contribution in [0.2, 0.25) is 6.04 Å². The third-order valence-corrected chi connectivity index (χ3v) is 3.95. The topological polar surface area (TPSA) is 64.3 Å². The maximum Gasteiger partial charge on any atom is 0.316 e. The fourth-order valence-electron chi connectivity index (χ4n) is 1.72. The van der Waals surface area contributed by atoms with Gasteiger partial charge >= 0.3 is 6.03 Å². The molecule has 0 atom stereocenters. The van der Waals surface area contributed by atoms with Crippen LogP contribution in [-0.4, -0.2) is 22.4 Å². The highest BCUT2D eigenvalue weighted by molar-refractivity contribution is 6.27. The number of allylic oxidation sites excluding steroid dienone is 1. The number of hydrogen-bond donors (Lipinski definition) is 2. The predicted octanol–water partition coefficient (Wildman–Crippen LogP) is 2.01. The Balaban J connectivity index is 0.000000250.